The second-order valence-corrected chi connectivity index (χ2v) is 3.92. The molecule has 0 unspecified atom stereocenters. The minimum Gasteiger partial charge on any atom is -0.444 e. The molecule has 2 aromatic rings. The fraction of sp³-hybridized carbons (Fsp3) is 0.500. The van der Waals surface area contributed by atoms with Crippen LogP contribution in [0.25, 0.3) is 0 Å². The molecule has 0 fully saturated rings. The van der Waals surface area contributed by atoms with Crippen LogP contribution in [0.15, 0.2) is 10.6 Å². The van der Waals surface area contributed by atoms with Gasteiger partial charge >= 0.3 is 0 Å². The zero-order valence-electron chi connectivity index (χ0n) is 9.27. The van der Waals surface area contributed by atoms with Crippen molar-refractivity contribution in [1.82, 2.24) is 19.7 Å². The summed E-state index contributed by atoms with van der Waals surface area (Å²) in [5.74, 6) is 2.27. The lowest BCUT2D eigenvalue weighted by Gasteiger charge is -2.03. The number of rotatable bonds is 4. The van der Waals surface area contributed by atoms with Crippen LogP contribution < -0.4 is 0 Å². The van der Waals surface area contributed by atoms with Gasteiger partial charge in [0.25, 0.3) is 0 Å². The molecule has 0 radical (unpaired) electrons. The molecule has 16 heavy (non-hydrogen) atoms. The third-order valence-corrected chi connectivity index (χ3v) is 2.50. The molecule has 0 saturated carbocycles. The van der Waals surface area contributed by atoms with Gasteiger partial charge in [-0.15, -0.1) is 10.2 Å². The molecule has 0 atom stereocenters. The normalized spacial score (nSPS) is 10.9. The Kier molecular flexibility index (Phi) is 3.24. The first-order valence-electron chi connectivity index (χ1n) is 5.19. The van der Waals surface area contributed by atoms with Crippen LogP contribution in [0.5, 0.6) is 0 Å². The van der Waals surface area contributed by atoms with Gasteiger partial charge in [-0.2, -0.15) is 0 Å². The Hall–Kier alpha value is -1.36. The van der Waals surface area contributed by atoms with Crippen LogP contribution in [0.3, 0.4) is 0 Å². The Bertz CT molecular complexity index is 477. The maximum absolute atomic E-state index is 5.96. The first-order valence-corrected chi connectivity index (χ1v) is 5.57. The van der Waals surface area contributed by atoms with E-state index in [9.17, 15) is 0 Å². The fourth-order valence-corrected chi connectivity index (χ4v) is 1.68. The van der Waals surface area contributed by atoms with Crippen LogP contribution in [0.4, 0.5) is 0 Å². The van der Waals surface area contributed by atoms with E-state index in [1.165, 1.54) is 0 Å². The summed E-state index contributed by atoms with van der Waals surface area (Å²) in [5.41, 5.74) is 0. The molecule has 5 nitrogen and oxygen atoms in total. The van der Waals surface area contributed by atoms with Crippen LogP contribution >= 0.6 is 11.6 Å². The molecule has 86 valence electrons. The molecule has 2 aromatic heterocycles. The topological polar surface area (TPSA) is 56.7 Å². The minimum absolute atomic E-state index is 0.374. The highest BCUT2D eigenvalue weighted by molar-refractivity contribution is 6.28. The van der Waals surface area contributed by atoms with Gasteiger partial charge in [0.15, 0.2) is 0 Å². The Balaban J connectivity index is 2.22. The van der Waals surface area contributed by atoms with Gasteiger partial charge in [-0.25, -0.2) is 4.98 Å². The molecule has 6 heteroatoms. The number of halogens is 1. The van der Waals surface area contributed by atoms with Crippen molar-refractivity contribution in [2.75, 3.05) is 0 Å². The molecule has 0 saturated heterocycles. The fourth-order valence-electron chi connectivity index (χ4n) is 1.49. The smallest absolute Gasteiger partial charge is 0.225 e. The number of hydrogen-bond donors (Lipinski definition) is 0. The predicted molar refractivity (Wildman–Crippen MR) is 59.4 cm³/mol. The molecule has 2 heterocycles. The molecule has 0 aromatic carbocycles. The van der Waals surface area contributed by atoms with Gasteiger partial charge in [0.1, 0.15) is 18.1 Å². The van der Waals surface area contributed by atoms with E-state index in [0.717, 1.165) is 24.4 Å². The largest absolute Gasteiger partial charge is 0.444 e. The first kappa shape index (κ1) is 11.1. The summed E-state index contributed by atoms with van der Waals surface area (Å²) in [7, 11) is 0. The Morgan fingerprint density at radius 1 is 1.44 bits per heavy atom. The van der Waals surface area contributed by atoms with Crippen molar-refractivity contribution in [2.45, 2.75) is 33.2 Å². The number of aryl methyl sites for hydroxylation is 2. The van der Waals surface area contributed by atoms with Crippen molar-refractivity contribution < 1.29 is 4.42 Å². The van der Waals surface area contributed by atoms with Crippen LogP contribution in [0.2, 0.25) is 5.28 Å². The third-order valence-electron chi connectivity index (χ3n) is 2.22. The van der Waals surface area contributed by atoms with Gasteiger partial charge in [0, 0.05) is 6.42 Å². The van der Waals surface area contributed by atoms with E-state index in [0.29, 0.717) is 17.7 Å². The van der Waals surface area contributed by atoms with Crippen LogP contribution in [0, 0.1) is 6.92 Å². The van der Waals surface area contributed by atoms with Gasteiger partial charge in [0.05, 0.1) is 6.20 Å². The molecule has 0 N–H and O–H groups in total. The summed E-state index contributed by atoms with van der Waals surface area (Å²) < 4.78 is 7.21. The Morgan fingerprint density at radius 2 is 2.25 bits per heavy atom. The second kappa shape index (κ2) is 4.65. The molecule has 0 spiro atoms. The van der Waals surface area contributed by atoms with E-state index < -0.39 is 0 Å². The summed E-state index contributed by atoms with van der Waals surface area (Å²) in [6.07, 6.45) is 3.53. The lowest BCUT2D eigenvalue weighted by atomic mass is 10.3. The molecule has 0 aliphatic rings. The van der Waals surface area contributed by atoms with Gasteiger partial charge in [-0.05, 0) is 24.9 Å². The summed E-state index contributed by atoms with van der Waals surface area (Å²) >= 11 is 5.96. The molecule has 0 aliphatic heterocycles. The third kappa shape index (κ3) is 2.24. The summed E-state index contributed by atoms with van der Waals surface area (Å²) in [6.45, 7) is 4.43. The van der Waals surface area contributed by atoms with Crippen LogP contribution in [-0.2, 0) is 13.0 Å². The summed E-state index contributed by atoms with van der Waals surface area (Å²) in [6, 6.07) is 0. The molecule has 0 aliphatic carbocycles. The van der Waals surface area contributed by atoms with E-state index in [-0.39, 0.29) is 0 Å². The van der Waals surface area contributed by atoms with E-state index in [2.05, 4.69) is 22.1 Å². The summed E-state index contributed by atoms with van der Waals surface area (Å²) in [5, 5.41) is 8.24. The number of oxazole rings is 1. The first-order chi connectivity index (χ1) is 7.70. The van der Waals surface area contributed by atoms with Crippen LogP contribution in [0.1, 0.15) is 30.8 Å². The van der Waals surface area contributed by atoms with Crippen molar-refractivity contribution in [3.8, 4) is 0 Å². The van der Waals surface area contributed by atoms with E-state index in [1.54, 1.807) is 6.20 Å². The average Bonchev–Trinajstić information content (AvgIpc) is 2.79. The van der Waals surface area contributed by atoms with Crippen molar-refractivity contribution in [2.24, 2.45) is 0 Å². The molecular weight excluding hydrogens is 228 g/mol. The number of nitrogens with zero attached hydrogens (tertiary/aromatic N) is 4. The molecule has 0 bridgehead atoms. The van der Waals surface area contributed by atoms with Gasteiger partial charge in [-0.3, -0.25) is 4.57 Å². The van der Waals surface area contributed by atoms with Crippen molar-refractivity contribution in [3.05, 3.63) is 29.0 Å². The van der Waals surface area contributed by atoms with Crippen LogP contribution in [-0.4, -0.2) is 19.7 Å². The predicted octanol–water partition coefficient (Wildman–Crippen LogP) is 2.23. The van der Waals surface area contributed by atoms with Gasteiger partial charge in [-0.1, -0.05) is 6.92 Å². The molecular formula is C10H13ClN4O. The van der Waals surface area contributed by atoms with E-state index in [1.807, 2.05) is 11.5 Å². The Morgan fingerprint density at radius 3 is 2.88 bits per heavy atom. The molecule has 0 amide bonds. The lowest BCUT2D eigenvalue weighted by Crippen LogP contribution is -2.05. The van der Waals surface area contributed by atoms with Crippen molar-refractivity contribution in [3.63, 3.8) is 0 Å². The van der Waals surface area contributed by atoms with E-state index in [4.69, 9.17) is 16.0 Å². The van der Waals surface area contributed by atoms with Crippen molar-refractivity contribution >= 4 is 11.6 Å². The highest BCUT2D eigenvalue weighted by Gasteiger charge is 2.12. The number of aromatic nitrogens is 4. The maximum Gasteiger partial charge on any atom is 0.225 e. The van der Waals surface area contributed by atoms with Crippen molar-refractivity contribution in [1.29, 1.82) is 0 Å². The molecule has 2 rings (SSSR count). The Labute approximate surface area is 98.5 Å². The minimum atomic E-state index is 0.374. The zero-order valence-corrected chi connectivity index (χ0v) is 10.0. The zero-order chi connectivity index (χ0) is 11.5. The highest BCUT2D eigenvalue weighted by Crippen LogP contribution is 2.13. The average molecular weight is 241 g/mol. The number of hydrogen-bond acceptors (Lipinski definition) is 4. The monoisotopic (exact) mass is 240 g/mol. The summed E-state index contributed by atoms with van der Waals surface area (Å²) in [4.78, 5) is 4.13. The second-order valence-electron chi connectivity index (χ2n) is 3.59. The quantitative estimate of drug-likeness (QED) is 0.822. The van der Waals surface area contributed by atoms with Gasteiger partial charge in [0.2, 0.25) is 11.2 Å². The van der Waals surface area contributed by atoms with E-state index >= 15 is 0 Å². The highest BCUT2D eigenvalue weighted by atomic mass is 35.5. The SMILES string of the molecule is CCCc1nnc(Cl)n1Cc1ncc(C)o1. The maximum atomic E-state index is 5.96. The standard InChI is InChI=1S/C10H13ClN4O/c1-3-4-8-13-14-10(11)15(8)6-9-12-5-7(2)16-9/h5H,3-4,6H2,1-2H3. The van der Waals surface area contributed by atoms with Gasteiger partial charge < -0.3 is 4.42 Å². The lowest BCUT2D eigenvalue weighted by molar-refractivity contribution is 0.453.